The van der Waals surface area contributed by atoms with Gasteiger partial charge in [0.05, 0.1) is 5.52 Å². The monoisotopic (exact) mass is 292 g/mol. The summed E-state index contributed by atoms with van der Waals surface area (Å²) in [5.41, 5.74) is 3.16. The summed E-state index contributed by atoms with van der Waals surface area (Å²) in [6.45, 7) is 8.55. The topological polar surface area (TPSA) is 36.9 Å². The van der Waals surface area contributed by atoms with Gasteiger partial charge in [-0.1, -0.05) is 0 Å². The number of aryl methyl sites for hydroxylation is 2. The molecular weight excluding hydrogens is 268 g/mol. The van der Waals surface area contributed by atoms with E-state index in [4.69, 9.17) is 12.2 Å². The van der Waals surface area contributed by atoms with Gasteiger partial charge >= 0.3 is 0 Å². The highest BCUT2D eigenvalue weighted by Crippen LogP contribution is 2.14. The molecule has 0 bridgehead atoms. The molecule has 0 aliphatic carbocycles. The number of rotatable bonds is 6. The lowest BCUT2D eigenvalue weighted by Crippen LogP contribution is -2.27. The second-order valence-electron chi connectivity index (χ2n) is 5.75. The van der Waals surface area contributed by atoms with Crippen molar-refractivity contribution >= 4 is 23.4 Å². The molecule has 20 heavy (non-hydrogen) atoms. The van der Waals surface area contributed by atoms with Crippen LogP contribution < -0.4 is 0 Å². The highest BCUT2D eigenvalue weighted by Gasteiger charge is 2.06. The van der Waals surface area contributed by atoms with Crippen LogP contribution in [0.1, 0.15) is 32.3 Å². The third-order valence-electron chi connectivity index (χ3n) is 3.77. The number of fused-ring (bicyclic) bond motifs is 1. The van der Waals surface area contributed by atoms with Gasteiger partial charge in [-0.15, -0.1) is 0 Å². The highest BCUT2D eigenvalue weighted by molar-refractivity contribution is 7.71. The van der Waals surface area contributed by atoms with Crippen molar-refractivity contribution in [1.82, 2.24) is 19.4 Å². The van der Waals surface area contributed by atoms with Crippen LogP contribution in [-0.2, 0) is 6.54 Å². The largest absolute Gasteiger partial charge is 0.329 e. The number of hydrogen-bond acceptors (Lipinski definition) is 3. The summed E-state index contributed by atoms with van der Waals surface area (Å²) in [5, 5.41) is 0. The number of aromatic nitrogens is 3. The van der Waals surface area contributed by atoms with Gasteiger partial charge in [0.1, 0.15) is 0 Å². The third-order valence-corrected chi connectivity index (χ3v) is 4.09. The van der Waals surface area contributed by atoms with Gasteiger partial charge in [-0.3, -0.25) is 0 Å². The Morgan fingerprint density at radius 3 is 2.85 bits per heavy atom. The van der Waals surface area contributed by atoms with Gasteiger partial charge in [0.2, 0.25) is 0 Å². The molecule has 0 saturated heterocycles. The number of imidazole rings is 1. The van der Waals surface area contributed by atoms with E-state index >= 15 is 0 Å². The minimum absolute atomic E-state index is 0.606. The molecule has 1 N–H and O–H groups in total. The molecule has 0 aliphatic heterocycles. The summed E-state index contributed by atoms with van der Waals surface area (Å²) in [4.78, 5) is 10.1. The first-order valence-corrected chi connectivity index (χ1v) is 7.65. The first-order chi connectivity index (χ1) is 9.49. The van der Waals surface area contributed by atoms with E-state index in [1.54, 1.807) is 0 Å². The number of unbranched alkanes of at least 4 members (excludes halogenated alkanes) is 1. The zero-order chi connectivity index (χ0) is 14.7. The molecule has 2 heterocycles. The van der Waals surface area contributed by atoms with Gasteiger partial charge in [-0.25, -0.2) is 4.98 Å². The normalized spacial score (nSPS) is 11.9. The van der Waals surface area contributed by atoms with Crippen molar-refractivity contribution in [2.45, 2.75) is 46.2 Å². The molecule has 0 spiro atoms. The number of aromatic amines is 1. The molecule has 5 heteroatoms. The molecule has 0 amide bonds. The molecule has 4 nitrogen and oxygen atoms in total. The van der Waals surface area contributed by atoms with Crippen molar-refractivity contribution in [3.05, 3.63) is 22.6 Å². The van der Waals surface area contributed by atoms with Crippen molar-refractivity contribution in [3.8, 4) is 0 Å². The van der Waals surface area contributed by atoms with Crippen molar-refractivity contribution in [2.75, 3.05) is 13.6 Å². The molecule has 0 unspecified atom stereocenters. The summed E-state index contributed by atoms with van der Waals surface area (Å²) in [6.07, 6.45) is 4.19. The predicted octanol–water partition coefficient (Wildman–Crippen LogP) is 3.52. The van der Waals surface area contributed by atoms with Crippen LogP contribution in [0.15, 0.2) is 12.3 Å². The Hall–Kier alpha value is -1.20. The lowest BCUT2D eigenvalue weighted by Gasteiger charge is -2.20. The van der Waals surface area contributed by atoms with Gasteiger partial charge in [0.25, 0.3) is 0 Å². The number of nitrogens with one attached hydrogen (secondary N) is 1. The summed E-state index contributed by atoms with van der Waals surface area (Å²) in [5.74, 6) is 0. The lowest BCUT2D eigenvalue weighted by molar-refractivity contribution is 0.266. The maximum absolute atomic E-state index is 5.40. The van der Waals surface area contributed by atoms with Crippen molar-refractivity contribution < 1.29 is 0 Å². The second kappa shape index (κ2) is 6.50. The molecule has 0 fully saturated rings. The number of hydrogen-bond donors (Lipinski definition) is 1. The molecule has 0 aromatic carbocycles. The minimum Gasteiger partial charge on any atom is -0.329 e. The fourth-order valence-electron chi connectivity index (χ4n) is 2.24. The fraction of sp³-hybridized carbons (Fsp3) is 0.600. The van der Waals surface area contributed by atoms with Crippen LogP contribution >= 0.6 is 12.2 Å². The summed E-state index contributed by atoms with van der Waals surface area (Å²) in [6, 6.07) is 2.70. The molecule has 2 rings (SSSR count). The van der Waals surface area contributed by atoms with Crippen LogP contribution in [0.3, 0.4) is 0 Å². The quantitative estimate of drug-likeness (QED) is 0.654. The lowest BCUT2D eigenvalue weighted by atomic mass is 10.2. The van der Waals surface area contributed by atoms with Gasteiger partial charge in [0, 0.05) is 18.8 Å². The zero-order valence-electron chi connectivity index (χ0n) is 12.8. The predicted molar refractivity (Wildman–Crippen MR) is 86.7 cm³/mol. The van der Waals surface area contributed by atoms with E-state index < -0.39 is 0 Å². The first kappa shape index (κ1) is 15.2. The maximum Gasteiger partial charge on any atom is 0.179 e. The van der Waals surface area contributed by atoms with Crippen LogP contribution in [0.25, 0.3) is 11.2 Å². The number of pyridine rings is 1. The number of nitrogens with zero attached hydrogens (tertiary/aromatic N) is 3. The Kier molecular flexibility index (Phi) is 4.94. The summed E-state index contributed by atoms with van der Waals surface area (Å²) >= 11 is 5.40. The molecule has 0 radical (unpaired) electrons. The smallest absolute Gasteiger partial charge is 0.179 e. The highest BCUT2D eigenvalue weighted by atomic mass is 32.1. The molecule has 2 aromatic heterocycles. The zero-order valence-corrected chi connectivity index (χ0v) is 13.6. The Labute approximate surface area is 125 Å². The van der Waals surface area contributed by atoms with E-state index in [2.05, 4.69) is 46.4 Å². The van der Waals surface area contributed by atoms with Gasteiger partial charge < -0.3 is 14.5 Å². The van der Waals surface area contributed by atoms with Crippen LogP contribution in [0, 0.1) is 11.7 Å². The summed E-state index contributed by atoms with van der Waals surface area (Å²) in [7, 11) is 2.17. The number of H-pyrrole nitrogens is 1. The molecule has 0 atom stereocenters. The van der Waals surface area contributed by atoms with E-state index in [0.29, 0.717) is 6.04 Å². The molecule has 110 valence electrons. The van der Waals surface area contributed by atoms with E-state index in [-0.39, 0.29) is 0 Å². The molecule has 0 saturated carbocycles. The third kappa shape index (κ3) is 3.46. The average Bonchev–Trinajstić information content (AvgIpc) is 2.69. The standard InChI is InChI=1S/C15H24N4S/c1-11(2)18(4)7-5-6-8-19-14-13(17-15(19)20)9-12(3)10-16-14/h9-11H,5-8H2,1-4H3,(H,17,20). The minimum atomic E-state index is 0.606. The van der Waals surface area contributed by atoms with Gasteiger partial charge in [-0.2, -0.15) is 0 Å². The van der Waals surface area contributed by atoms with Crippen molar-refractivity contribution in [2.24, 2.45) is 0 Å². The average molecular weight is 292 g/mol. The summed E-state index contributed by atoms with van der Waals surface area (Å²) < 4.78 is 2.88. The molecule has 0 aliphatic rings. The Morgan fingerprint density at radius 2 is 2.15 bits per heavy atom. The maximum atomic E-state index is 5.40. The second-order valence-corrected chi connectivity index (χ2v) is 6.13. The van der Waals surface area contributed by atoms with Gasteiger partial charge in [-0.05, 0) is 71.1 Å². The van der Waals surface area contributed by atoms with E-state index in [0.717, 1.165) is 41.0 Å². The van der Waals surface area contributed by atoms with Crippen LogP contribution in [0.4, 0.5) is 0 Å². The van der Waals surface area contributed by atoms with Gasteiger partial charge in [0.15, 0.2) is 10.4 Å². The van der Waals surface area contributed by atoms with E-state index in [1.807, 2.05) is 13.1 Å². The fourth-order valence-corrected chi connectivity index (χ4v) is 2.53. The Bertz CT molecular complexity index is 626. The van der Waals surface area contributed by atoms with Crippen LogP contribution in [0.5, 0.6) is 0 Å². The molecular formula is C15H24N4S. The van der Waals surface area contributed by atoms with Crippen LogP contribution in [-0.4, -0.2) is 39.1 Å². The Morgan fingerprint density at radius 1 is 1.40 bits per heavy atom. The van der Waals surface area contributed by atoms with E-state index in [1.165, 1.54) is 6.42 Å². The first-order valence-electron chi connectivity index (χ1n) is 7.24. The van der Waals surface area contributed by atoms with Crippen molar-refractivity contribution in [1.29, 1.82) is 0 Å². The van der Waals surface area contributed by atoms with Crippen molar-refractivity contribution in [3.63, 3.8) is 0 Å². The Balaban J connectivity index is 2.00. The van der Waals surface area contributed by atoms with E-state index in [9.17, 15) is 0 Å². The SMILES string of the molecule is Cc1cnc2c(c1)[nH]c(=S)n2CCCCN(C)C(C)C. The molecule has 2 aromatic rings. The van der Waals surface area contributed by atoms with Crippen LogP contribution in [0.2, 0.25) is 0 Å².